The first-order valence-corrected chi connectivity index (χ1v) is 38.7. The summed E-state index contributed by atoms with van der Waals surface area (Å²) in [4.78, 5) is 0. The summed E-state index contributed by atoms with van der Waals surface area (Å²) in [6.45, 7) is 11.9. The Morgan fingerprint density at radius 3 is 0.394 bits per heavy atom. The molecule has 0 rings (SSSR count). The average molecular weight is 1170 g/mol. The van der Waals surface area contributed by atoms with Crippen molar-refractivity contribution in [3.63, 3.8) is 0 Å². The minimum absolute atomic E-state index is 0. The minimum atomic E-state index is -2.44. The van der Waals surface area contributed by atoms with Crippen molar-refractivity contribution in [2.24, 2.45) is 0 Å². The normalized spacial score (nSPS) is 11.8. The Morgan fingerprint density at radius 2 is 0.282 bits per heavy atom. The van der Waals surface area contributed by atoms with Crippen LogP contribution >= 0.6 is 12.2 Å². The number of rotatable bonds is 60. The Morgan fingerprint density at radius 1 is 0.183 bits per heavy atom. The van der Waals surface area contributed by atoms with E-state index in [0.717, 1.165) is 25.7 Å². The zero-order valence-corrected chi connectivity index (χ0v) is 56.5. The van der Waals surface area contributed by atoms with Crippen LogP contribution in [0, 0.1) is 0 Å². The minimum Gasteiger partial charge on any atom is -0.516 e. The van der Waals surface area contributed by atoms with Crippen LogP contribution in [0.4, 0.5) is 0 Å². The van der Waals surface area contributed by atoms with Crippen LogP contribution in [0.3, 0.4) is 0 Å². The fourth-order valence-corrected chi connectivity index (χ4v) is 12.6. The van der Waals surface area contributed by atoms with E-state index >= 15 is 0 Å². The van der Waals surface area contributed by atoms with Crippen LogP contribution in [0.5, 0.6) is 0 Å². The molecule has 0 bridgehead atoms. The summed E-state index contributed by atoms with van der Waals surface area (Å²) in [5, 5.41) is 0. The predicted molar refractivity (Wildman–Crippen MR) is 330 cm³/mol. The molecule has 0 atom stereocenters. The van der Waals surface area contributed by atoms with Gasteiger partial charge in [0.1, 0.15) is 0 Å². The third-order valence-electron chi connectivity index (χ3n) is 14.0. The molecular weight excluding hydrogens is 1040 g/mol. The van der Waals surface area contributed by atoms with Gasteiger partial charge in [-0.05, 0) is 25.7 Å². The first kappa shape index (κ1) is 78.0. The summed E-state index contributed by atoms with van der Waals surface area (Å²) in [7, 11) is 0. The molecule has 0 aliphatic rings. The van der Waals surface area contributed by atoms with Crippen LogP contribution in [-0.2, 0) is 86.6 Å². The van der Waals surface area contributed by atoms with Gasteiger partial charge in [-0.25, -0.2) is 0 Å². The molecule has 0 aromatic heterocycles. The maximum Gasteiger partial charge on any atom is 2.00 e. The molecule has 0 aliphatic heterocycles. The van der Waals surface area contributed by atoms with Crippen molar-refractivity contribution in [3.05, 3.63) is 0 Å². The van der Waals surface area contributed by atoms with Crippen molar-refractivity contribution >= 4 is 61.2 Å². The second-order valence-corrected chi connectivity index (χ2v) is 31.2. The second-order valence-electron chi connectivity index (χ2n) is 21.2. The molecule has 0 heterocycles. The van der Waals surface area contributed by atoms with Gasteiger partial charge in [-0.15, -0.1) is 0 Å². The Kier molecular flexibility index (Phi) is 73.6. The van der Waals surface area contributed by atoms with Gasteiger partial charge in [0.25, 0.3) is 0 Å². The molecular formula is C60H124O4P2S4Zn. The van der Waals surface area contributed by atoms with Crippen molar-refractivity contribution in [1.82, 2.24) is 0 Å². The van der Waals surface area contributed by atoms with Crippen LogP contribution in [0.1, 0.15) is 362 Å². The van der Waals surface area contributed by atoms with Crippen LogP contribution in [0.15, 0.2) is 0 Å². The summed E-state index contributed by atoms with van der Waals surface area (Å²) < 4.78 is 23.0. The third-order valence-corrected chi connectivity index (χ3v) is 18.5. The van der Waals surface area contributed by atoms with Gasteiger partial charge in [-0.1, -0.05) is 336 Å². The molecule has 0 amide bonds. The maximum atomic E-state index is 5.76. The molecule has 71 heavy (non-hydrogen) atoms. The van der Waals surface area contributed by atoms with Crippen molar-refractivity contribution < 1.29 is 37.6 Å². The Hall–Kier alpha value is 2.72. The summed E-state index contributed by atoms with van der Waals surface area (Å²) in [6.07, 6.45) is 65.7. The number of hydrogen-bond acceptors (Lipinski definition) is 8. The number of hydrogen-bond donors (Lipinski definition) is 0. The van der Waals surface area contributed by atoms with E-state index in [9.17, 15) is 0 Å². The van der Waals surface area contributed by atoms with E-state index < -0.39 is 12.2 Å². The van der Waals surface area contributed by atoms with E-state index in [1.165, 1.54) is 308 Å². The summed E-state index contributed by atoms with van der Waals surface area (Å²) in [6, 6.07) is 0. The van der Waals surface area contributed by atoms with Crippen LogP contribution in [-0.4, -0.2) is 26.4 Å². The van der Waals surface area contributed by atoms with Crippen LogP contribution in [0.2, 0.25) is 0 Å². The molecule has 424 valence electrons. The van der Waals surface area contributed by atoms with E-state index in [-0.39, 0.29) is 19.5 Å². The van der Waals surface area contributed by atoms with Crippen molar-refractivity contribution in [1.29, 1.82) is 0 Å². The summed E-state index contributed by atoms with van der Waals surface area (Å²) >= 11 is 21.6. The van der Waals surface area contributed by atoms with E-state index in [1.807, 2.05) is 0 Å². The molecule has 0 aromatic rings. The fraction of sp³-hybridized carbons (Fsp3) is 1.00. The molecule has 11 heteroatoms. The van der Waals surface area contributed by atoms with Crippen molar-refractivity contribution in [3.8, 4) is 0 Å². The molecule has 0 aliphatic carbocycles. The topological polar surface area (TPSA) is 36.9 Å². The SMILES string of the molecule is CCCCCCCCCCCCCCCO[P+]([S-])([S-])OCCCCCCCCCCCCCCC.CCCCCCCCCCCCCCCO[P+]([S-])([S-])OCCCCCCCCCCCCCCC.[Zn+2]. The third kappa shape index (κ3) is 72.7. The van der Waals surface area contributed by atoms with Crippen molar-refractivity contribution in [2.45, 2.75) is 362 Å². The quantitative estimate of drug-likeness (QED) is 0.0258. The summed E-state index contributed by atoms with van der Waals surface area (Å²) in [5.41, 5.74) is 0. The van der Waals surface area contributed by atoms with Gasteiger partial charge in [0.15, 0.2) is 0 Å². The van der Waals surface area contributed by atoms with Gasteiger partial charge in [0, 0.05) is 12.2 Å². The fourth-order valence-electron chi connectivity index (χ4n) is 9.26. The zero-order valence-electron chi connectivity index (χ0n) is 48.5. The Labute approximate surface area is 483 Å². The molecule has 0 radical (unpaired) electrons. The first-order chi connectivity index (χ1) is 34.2. The molecule has 0 spiro atoms. The number of unbranched alkanes of at least 4 members (excludes halogenated alkanes) is 48. The Balaban J connectivity index is -0.00000128. The Bertz CT molecular complexity index is 805. The molecule has 0 N–H and O–H groups in total. The summed E-state index contributed by atoms with van der Waals surface area (Å²) in [5.74, 6) is 0. The smallest absolute Gasteiger partial charge is 0.516 e. The predicted octanol–water partition coefficient (Wildman–Crippen LogP) is 23.9. The van der Waals surface area contributed by atoms with Crippen LogP contribution in [0.25, 0.3) is 0 Å². The maximum absolute atomic E-state index is 5.76. The molecule has 0 saturated carbocycles. The van der Waals surface area contributed by atoms with E-state index in [0.29, 0.717) is 26.4 Å². The van der Waals surface area contributed by atoms with Gasteiger partial charge in [0.05, 0.1) is 26.4 Å². The van der Waals surface area contributed by atoms with Gasteiger partial charge in [0.2, 0.25) is 0 Å². The van der Waals surface area contributed by atoms with E-state index in [1.54, 1.807) is 0 Å². The molecule has 0 saturated heterocycles. The van der Waals surface area contributed by atoms with Gasteiger partial charge in [-0.2, -0.15) is 0 Å². The van der Waals surface area contributed by atoms with Gasteiger partial charge < -0.3 is 49.0 Å². The van der Waals surface area contributed by atoms with Gasteiger partial charge >= 0.3 is 19.5 Å². The standard InChI is InChI=1S/2C30H63O2PS2.Zn/c2*1-3-5-7-9-11-13-15-17-19-21-23-25-27-29-31-33(34,35)32-30-28-26-24-22-20-18-16-14-12-10-8-6-4-2;/h2*3-30H2,1-2H3,(H,34,35);/q;;+2/p-2. The van der Waals surface area contributed by atoms with E-state index in [4.69, 9.17) is 67.1 Å². The average Bonchev–Trinajstić information content (AvgIpc) is 3.34. The molecule has 0 unspecified atom stereocenters. The monoisotopic (exact) mass is 1160 g/mol. The van der Waals surface area contributed by atoms with Gasteiger partial charge in [-0.3, -0.25) is 18.1 Å². The largest absolute Gasteiger partial charge is 2.00 e. The zero-order chi connectivity index (χ0) is 51.4. The first-order valence-electron chi connectivity index (χ1n) is 31.4. The molecule has 0 fully saturated rings. The van der Waals surface area contributed by atoms with Crippen LogP contribution < -0.4 is 0 Å². The molecule has 0 aromatic carbocycles. The van der Waals surface area contributed by atoms with E-state index in [2.05, 4.69) is 27.7 Å². The molecule has 4 nitrogen and oxygen atoms in total. The van der Waals surface area contributed by atoms with Crippen molar-refractivity contribution in [2.75, 3.05) is 26.4 Å². The second kappa shape index (κ2) is 67.0.